The molecule has 1 aromatic rings. The lowest BCUT2D eigenvalue weighted by molar-refractivity contribution is 0.142. The molecule has 0 amide bonds. The van der Waals surface area contributed by atoms with Crippen LogP contribution in [-0.2, 0) is 0 Å². The summed E-state index contributed by atoms with van der Waals surface area (Å²) < 4.78 is 41.1. The summed E-state index contributed by atoms with van der Waals surface area (Å²) in [7, 11) is 0. The third-order valence-corrected chi connectivity index (χ3v) is 1.20. The Labute approximate surface area is 70.4 Å². The maximum absolute atomic E-state index is 12.6. The molecule has 0 heterocycles. The topological polar surface area (TPSA) is 46.5 Å². The number of hydrogen-bond acceptors (Lipinski definition) is 2. The van der Waals surface area contributed by atoms with Crippen LogP contribution >= 0.6 is 0 Å². The molecule has 0 atom stereocenters. The molecule has 0 aliphatic carbocycles. The van der Waals surface area contributed by atoms with Gasteiger partial charge in [-0.3, -0.25) is 0 Å². The first-order valence-corrected chi connectivity index (χ1v) is 3.06. The third-order valence-electron chi connectivity index (χ3n) is 1.20. The lowest BCUT2D eigenvalue weighted by Crippen LogP contribution is -2.06. The van der Waals surface area contributed by atoms with Crippen LogP contribution in [0, 0.1) is 17.5 Å². The lowest BCUT2D eigenvalue weighted by Gasteiger charge is -2.01. The Kier molecular flexibility index (Phi) is 2.41. The zero-order chi connectivity index (χ0) is 10.0. The van der Waals surface area contributed by atoms with Crippen molar-refractivity contribution in [3.05, 3.63) is 29.6 Å². The SMILES string of the molecule is O=C(O)Oc1ccc(F)c(F)c1F. The number of hydrogen-bond donors (Lipinski definition) is 1. The monoisotopic (exact) mass is 192 g/mol. The highest BCUT2D eigenvalue weighted by Gasteiger charge is 2.16. The Hall–Kier alpha value is -1.72. The average molecular weight is 192 g/mol. The number of rotatable bonds is 1. The summed E-state index contributed by atoms with van der Waals surface area (Å²) in [6.45, 7) is 0. The van der Waals surface area contributed by atoms with Crippen LogP contribution in [0.25, 0.3) is 0 Å². The maximum atomic E-state index is 12.6. The molecule has 1 rings (SSSR count). The molecule has 70 valence electrons. The van der Waals surface area contributed by atoms with Gasteiger partial charge in [-0.2, -0.15) is 4.39 Å². The molecule has 0 spiro atoms. The van der Waals surface area contributed by atoms with Crippen molar-refractivity contribution in [1.29, 1.82) is 0 Å². The largest absolute Gasteiger partial charge is 0.511 e. The summed E-state index contributed by atoms with van der Waals surface area (Å²) in [5.74, 6) is -5.71. The van der Waals surface area contributed by atoms with Crippen molar-refractivity contribution >= 4 is 6.16 Å². The van der Waals surface area contributed by atoms with E-state index in [1.165, 1.54) is 0 Å². The first kappa shape index (κ1) is 9.37. The van der Waals surface area contributed by atoms with Crippen molar-refractivity contribution in [2.24, 2.45) is 0 Å². The Bertz CT molecular complexity index is 351. The normalized spacial score (nSPS) is 9.77. The van der Waals surface area contributed by atoms with Crippen LogP contribution in [0.2, 0.25) is 0 Å². The van der Waals surface area contributed by atoms with Gasteiger partial charge in [0.25, 0.3) is 0 Å². The molecule has 0 unspecified atom stereocenters. The van der Waals surface area contributed by atoms with Crippen LogP contribution in [0.15, 0.2) is 12.1 Å². The van der Waals surface area contributed by atoms with Gasteiger partial charge in [-0.1, -0.05) is 0 Å². The zero-order valence-corrected chi connectivity index (χ0v) is 6.05. The predicted molar refractivity (Wildman–Crippen MR) is 35.0 cm³/mol. The number of halogens is 3. The maximum Gasteiger partial charge on any atom is 0.511 e. The molecule has 1 N–H and O–H groups in total. The summed E-state index contributed by atoms with van der Waals surface area (Å²) >= 11 is 0. The molecule has 0 saturated carbocycles. The second-order valence-corrected chi connectivity index (χ2v) is 2.04. The highest BCUT2D eigenvalue weighted by molar-refractivity contribution is 5.61. The number of carboxylic acid groups (broad SMARTS) is 1. The summed E-state index contributed by atoms with van der Waals surface area (Å²) in [6.07, 6.45) is -1.80. The van der Waals surface area contributed by atoms with Crippen LogP contribution in [0.5, 0.6) is 5.75 Å². The van der Waals surface area contributed by atoms with Crippen LogP contribution in [0.3, 0.4) is 0 Å². The van der Waals surface area contributed by atoms with E-state index in [-0.39, 0.29) is 0 Å². The van der Waals surface area contributed by atoms with Crippen molar-refractivity contribution in [1.82, 2.24) is 0 Å². The second kappa shape index (κ2) is 3.34. The molecule has 0 aliphatic rings. The first-order chi connectivity index (χ1) is 6.02. The van der Waals surface area contributed by atoms with Gasteiger partial charge in [-0.05, 0) is 12.1 Å². The molecule has 0 saturated heterocycles. The number of carbonyl (C=O) groups is 1. The fraction of sp³-hybridized carbons (Fsp3) is 0. The summed E-state index contributed by atoms with van der Waals surface area (Å²) in [4.78, 5) is 9.91. The van der Waals surface area contributed by atoms with Gasteiger partial charge in [-0.15, -0.1) is 0 Å². The molecule has 3 nitrogen and oxygen atoms in total. The van der Waals surface area contributed by atoms with E-state index in [1.54, 1.807) is 0 Å². The average Bonchev–Trinajstić information content (AvgIpc) is 2.06. The van der Waals surface area contributed by atoms with Crippen molar-refractivity contribution in [2.75, 3.05) is 0 Å². The van der Waals surface area contributed by atoms with Crippen LogP contribution < -0.4 is 4.74 Å². The van der Waals surface area contributed by atoms with Gasteiger partial charge in [0, 0.05) is 0 Å². The summed E-state index contributed by atoms with van der Waals surface area (Å²) in [5.41, 5.74) is 0. The molecular weight excluding hydrogens is 189 g/mol. The standard InChI is InChI=1S/C7H3F3O3/c8-3-1-2-4(13-7(11)12)6(10)5(3)9/h1-2H,(H,11,12). The molecule has 0 aromatic heterocycles. The Morgan fingerprint density at radius 2 is 1.85 bits per heavy atom. The minimum Gasteiger partial charge on any atom is -0.449 e. The smallest absolute Gasteiger partial charge is 0.449 e. The molecule has 0 radical (unpaired) electrons. The van der Waals surface area contributed by atoms with Gasteiger partial charge in [0.2, 0.25) is 5.82 Å². The molecule has 0 fully saturated rings. The molecule has 0 aliphatic heterocycles. The zero-order valence-electron chi connectivity index (χ0n) is 6.05. The molecular formula is C7H3F3O3. The van der Waals surface area contributed by atoms with Crippen LogP contribution in [0.4, 0.5) is 18.0 Å². The van der Waals surface area contributed by atoms with E-state index in [2.05, 4.69) is 4.74 Å². The van der Waals surface area contributed by atoms with E-state index in [4.69, 9.17) is 5.11 Å². The third kappa shape index (κ3) is 1.90. The lowest BCUT2D eigenvalue weighted by atomic mass is 10.3. The second-order valence-electron chi connectivity index (χ2n) is 2.04. The molecule has 6 heteroatoms. The fourth-order valence-corrected chi connectivity index (χ4v) is 0.681. The Balaban J connectivity index is 3.10. The van der Waals surface area contributed by atoms with Gasteiger partial charge in [0.1, 0.15) is 0 Å². The van der Waals surface area contributed by atoms with Crippen LogP contribution in [-0.4, -0.2) is 11.3 Å². The first-order valence-electron chi connectivity index (χ1n) is 3.06. The molecule has 0 bridgehead atoms. The molecule has 13 heavy (non-hydrogen) atoms. The highest BCUT2D eigenvalue weighted by Crippen LogP contribution is 2.21. The van der Waals surface area contributed by atoms with E-state index in [1.807, 2.05) is 0 Å². The summed E-state index contributed by atoms with van der Waals surface area (Å²) in [5, 5.41) is 8.05. The minimum atomic E-state index is -1.80. The minimum absolute atomic E-state index is 0.566. The van der Waals surface area contributed by atoms with E-state index in [0.717, 1.165) is 0 Å². The van der Waals surface area contributed by atoms with Crippen molar-refractivity contribution < 1.29 is 27.8 Å². The Morgan fingerprint density at radius 1 is 1.23 bits per heavy atom. The quantitative estimate of drug-likeness (QED) is 0.421. The number of ether oxygens (including phenoxy) is 1. The highest BCUT2D eigenvalue weighted by atomic mass is 19.2. The van der Waals surface area contributed by atoms with Gasteiger partial charge in [-0.25, -0.2) is 13.6 Å². The van der Waals surface area contributed by atoms with Gasteiger partial charge in [0.15, 0.2) is 17.4 Å². The number of benzene rings is 1. The van der Waals surface area contributed by atoms with Gasteiger partial charge >= 0.3 is 6.16 Å². The van der Waals surface area contributed by atoms with E-state index < -0.39 is 29.4 Å². The summed E-state index contributed by atoms with van der Waals surface area (Å²) in [6, 6.07) is 1.25. The van der Waals surface area contributed by atoms with Gasteiger partial charge < -0.3 is 9.84 Å². The van der Waals surface area contributed by atoms with Gasteiger partial charge in [0.05, 0.1) is 0 Å². The predicted octanol–water partition coefficient (Wildman–Crippen LogP) is 2.16. The van der Waals surface area contributed by atoms with E-state index in [9.17, 15) is 18.0 Å². The van der Waals surface area contributed by atoms with Crippen LogP contribution in [0.1, 0.15) is 0 Å². The Morgan fingerprint density at radius 3 is 2.38 bits per heavy atom. The van der Waals surface area contributed by atoms with E-state index in [0.29, 0.717) is 12.1 Å². The van der Waals surface area contributed by atoms with Crippen molar-refractivity contribution in [3.8, 4) is 5.75 Å². The molecule has 1 aromatic carbocycles. The van der Waals surface area contributed by atoms with E-state index >= 15 is 0 Å². The van der Waals surface area contributed by atoms with Crippen molar-refractivity contribution in [2.45, 2.75) is 0 Å². The fourth-order valence-electron chi connectivity index (χ4n) is 0.681. The van der Waals surface area contributed by atoms with Crippen molar-refractivity contribution in [3.63, 3.8) is 0 Å².